The van der Waals surface area contributed by atoms with Gasteiger partial charge in [0.25, 0.3) is 0 Å². The average Bonchev–Trinajstić information content (AvgIpc) is 2.66. The van der Waals surface area contributed by atoms with Gasteiger partial charge in [-0.1, -0.05) is 74.6 Å². The van der Waals surface area contributed by atoms with E-state index in [0.29, 0.717) is 13.0 Å². The predicted molar refractivity (Wildman–Crippen MR) is 116 cm³/mol. The first-order valence-corrected chi connectivity index (χ1v) is 10.3. The van der Waals surface area contributed by atoms with Gasteiger partial charge < -0.3 is 9.84 Å². The summed E-state index contributed by atoms with van der Waals surface area (Å²) in [6, 6.07) is 0. The highest BCUT2D eigenvalue weighted by Crippen LogP contribution is 2.03. The lowest BCUT2D eigenvalue weighted by atomic mass is 10.2. The van der Waals surface area contributed by atoms with Crippen molar-refractivity contribution in [1.82, 2.24) is 0 Å². The Labute approximate surface area is 166 Å². The number of aliphatic carboxylic acids is 1. The molecule has 0 bridgehead atoms. The number of carboxylic acids is 1. The second-order valence-electron chi connectivity index (χ2n) is 6.31. The molecule has 0 saturated heterocycles. The molecule has 3 heteroatoms. The van der Waals surface area contributed by atoms with Crippen molar-refractivity contribution >= 4 is 5.97 Å². The van der Waals surface area contributed by atoms with E-state index in [9.17, 15) is 4.79 Å². The third kappa shape index (κ3) is 18.7. The van der Waals surface area contributed by atoms with Crippen LogP contribution in [-0.4, -0.2) is 23.8 Å². The summed E-state index contributed by atoms with van der Waals surface area (Å²) in [6.45, 7) is 4.50. The van der Waals surface area contributed by atoms with E-state index in [1.807, 2.05) is 6.92 Å². The van der Waals surface area contributed by atoms with Gasteiger partial charge in [-0.25, -0.2) is 4.79 Å². The van der Waals surface area contributed by atoms with Crippen LogP contribution < -0.4 is 0 Å². The lowest BCUT2D eigenvalue weighted by molar-refractivity contribution is -0.150. The highest BCUT2D eigenvalue weighted by atomic mass is 16.5. The lowest BCUT2D eigenvalue weighted by Crippen LogP contribution is -2.23. The molecule has 0 rings (SSSR count). The Morgan fingerprint density at radius 3 is 1.70 bits per heavy atom. The quantitative estimate of drug-likeness (QED) is 0.225. The fraction of sp³-hybridized carbons (Fsp3) is 0.542. The van der Waals surface area contributed by atoms with Gasteiger partial charge in [-0.05, 0) is 57.8 Å². The second-order valence-corrected chi connectivity index (χ2v) is 6.31. The van der Waals surface area contributed by atoms with Crippen LogP contribution in [-0.2, 0) is 9.53 Å². The molecule has 0 aromatic rings. The van der Waals surface area contributed by atoms with E-state index < -0.39 is 12.1 Å². The Hall–Kier alpha value is -1.87. The fourth-order valence-corrected chi connectivity index (χ4v) is 2.32. The molecule has 0 amide bonds. The molecule has 152 valence electrons. The smallest absolute Gasteiger partial charge is 0.332 e. The molecule has 0 aliphatic carbocycles. The molecule has 0 spiro atoms. The van der Waals surface area contributed by atoms with Crippen LogP contribution in [0.15, 0.2) is 60.8 Å². The van der Waals surface area contributed by atoms with Crippen molar-refractivity contribution in [2.75, 3.05) is 6.61 Å². The zero-order valence-corrected chi connectivity index (χ0v) is 17.2. The van der Waals surface area contributed by atoms with Crippen LogP contribution in [0.4, 0.5) is 0 Å². The molecule has 0 radical (unpaired) electrons. The van der Waals surface area contributed by atoms with E-state index in [1.165, 1.54) is 0 Å². The number of allylic oxidation sites excluding steroid dienone is 10. The van der Waals surface area contributed by atoms with Gasteiger partial charge in [0, 0.05) is 6.61 Å². The van der Waals surface area contributed by atoms with Crippen molar-refractivity contribution in [2.45, 2.75) is 77.7 Å². The molecule has 0 aromatic heterocycles. The lowest BCUT2D eigenvalue weighted by Gasteiger charge is -2.10. The maximum absolute atomic E-state index is 10.8. The van der Waals surface area contributed by atoms with E-state index in [4.69, 9.17) is 9.84 Å². The maximum atomic E-state index is 10.8. The average molecular weight is 375 g/mol. The third-order valence-electron chi connectivity index (χ3n) is 3.89. The van der Waals surface area contributed by atoms with Crippen LogP contribution in [0.3, 0.4) is 0 Å². The molecule has 27 heavy (non-hydrogen) atoms. The molecule has 1 unspecified atom stereocenters. The monoisotopic (exact) mass is 374 g/mol. The van der Waals surface area contributed by atoms with E-state index in [-0.39, 0.29) is 0 Å². The molecule has 0 aliphatic heterocycles. The minimum atomic E-state index is -0.865. The highest BCUT2D eigenvalue weighted by molar-refractivity contribution is 5.72. The first kappa shape index (κ1) is 25.1. The van der Waals surface area contributed by atoms with Gasteiger partial charge in [-0.3, -0.25) is 0 Å². The third-order valence-corrected chi connectivity index (χ3v) is 3.89. The Balaban J connectivity index is 3.51. The van der Waals surface area contributed by atoms with Crippen LogP contribution in [0.2, 0.25) is 0 Å². The summed E-state index contributed by atoms with van der Waals surface area (Å²) in [7, 11) is 0. The van der Waals surface area contributed by atoms with Gasteiger partial charge in [0.2, 0.25) is 0 Å². The Morgan fingerprint density at radius 2 is 1.26 bits per heavy atom. The van der Waals surface area contributed by atoms with Gasteiger partial charge in [0.05, 0.1) is 0 Å². The number of unbranched alkanes of at least 4 members (excludes halogenated alkanes) is 2. The number of rotatable bonds is 17. The van der Waals surface area contributed by atoms with Crippen LogP contribution in [0.5, 0.6) is 0 Å². The Bertz CT molecular complexity index is 484. The molecule has 0 fully saturated rings. The summed E-state index contributed by atoms with van der Waals surface area (Å²) < 4.78 is 5.33. The normalized spacial score (nSPS) is 13.9. The van der Waals surface area contributed by atoms with Crippen LogP contribution >= 0.6 is 0 Å². The maximum Gasteiger partial charge on any atom is 0.332 e. The fourth-order valence-electron chi connectivity index (χ4n) is 2.32. The summed E-state index contributed by atoms with van der Waals surface area (Å²) in [4.78, 5) is 10.8. The van der Waals surface area contributed by atoms with Crippen LogP contribution in [0, 0.1) is 0 Å². The standard InChI is InChI=1S/C24H38O3/c1-3-5-6-7-8-9-10-11-12-13-14-15-16-17-18-19-20-21-22-27-23(4-2)24(25)26/h5-6,8-9,11-12,14-15,17-18,23H,3-4,7,10,13,16,19-22H2,1-2H3,(H,25,26)/b6-5-,9-8-,12-11+,15-14-,18-17-. The minimum absolute atomic E-state index is 0.518. The van der Waals surface area contributed by atoms with Crippen LogP contribution in [0.1, 0.15) is 71.6 Å². The van der Waals surface area contributed by atoms with Crippen molar-refractivity contribution in [3.05, 3.63) is 60.8 Å². The van der Waals surface area contributed by atoms with Gasteiger partial charge >= 0.3 is 5.97 Å². The largest absolute Gasteiger partial charge is 0.479 e. The topological polar surface area (TPSA) is 46.5 Å². The molecular weight excluding hydrogens is 336 g/mol. The summed E-state index contributed by atoms with van der Waals surface area (Å²) in [5, 5.41) is 8.87. The number of hydrogen-bond acceptors (Lipinski definition) is 2. The first-order valence-electron chi connectivity index (χ1n) is 10.3. The summed E-state index contributed by atoms with van der Waals surface area (Å²) in [5.41, 5.74) is 0. The van der Waals surface area contributed by atoms with Gasteiger partial charge in [-0.15, -0.1) is 0 Å². The molecule has 3 nitrogen and oxygen atoms in total. The van der Waals surface area contributed by atoms with E-state index >= 15 is 0 Å². The van der Waals surface area contributed by atoms with Crippen molar-refractivity contribution in [3.8, 4) is 0 Å². The van der Waals surface area contributed by atoms with Gasteiger partial charge in [0.1, 0.15) is 0 Å². The van der Waals surface area contributed by atoms with Crippen molar-refractivity contribution in [1.29, 1.82) is 0 Å². The number of ether oxygens (including phenoxy) is 1. The van der Waals surface area contributed by atoms with E-state index in [1.54, 1.807) is 0 Å². The molecule has 0 saturated carbocycles. The van der Waals surface area contributed by atoms with E-state index in [2.05, 4.69) is 67.7 Å². The number of hydrogen-bond donors (Lipinski definition) is 1. The van der Waals surface area contributed by atoms with Crippen LogP contribution in [0.25, 0.3) is 0 Å². The van der Waals surface area contributed by atoms with E-state index in [0.717, 1.165) is 51.4 Å². The molecular formula is C24H38O3. The van der Waals surface area contributed by atoms with Gasteiger partial charge in [-0.2, -0.15) is 0 Å². The molecule has 0 aliphatic rings. The Morgan fingerprint density at radius 1 is 0.778 bits per heavy atom. The number of carboxylic acid groups (broad SMARTS) is 1. The molecule has 1 atom stereocenters. The zero-order valence-electron chi connectivity index (χ0n) is 17.2. The van der Waals surface area contributed by atoms with Crippen molar-refractivity contribution in [3.63, 3.8) is 0 Å². The second kappa shape index (κ2) is 20.4. The Kier molecular flexibility index (Phi) is 19.0. The number of carbonyl (C=O) groups is 1. The zero-order chi connectivity index (χ0) is 20.0. The first-order chi connectivity index (χ1) is 13.2. The minimum Gasteiger partial charge on any atom is -0.479 e. The molecule has 1 N–H and O–H groups in total. The predicted octanol–water partition coefficient (Wildman–Crippen LogP) is 6.79. The molecule has 0 heterocycles. The molecule has 0 aromatic carbocycles. The SMILES string of the molecule is CC/C=C\C/C=C\C/C=C/C/C=C\C/C=C\CCCCOC(CC)C(=O)O. The summed E-state index contributed by atoms with van der Waals surface area (Å²) in [6.07, 6.45) is 29.9. The van der Waals surface area contributed by atoms with Gasteiger partial charge in [0.15, 0.2) is 6.10 Å². The van der Waals surface area contributed by atoms with Crippen molar-refractivity contribution in [2.24, 2.45) is 0 Å². The summed E-state index contributed by atoms with van der Waals surface area (Å²) >= 11 is 0. The summed E-state index contributed by atoms with van der Waals surface area (Å²) in [5.74, 6) is -0.865. The van der Waals surface area contributed by atoms with Crippen molar-refractivity contribution < 1.29 is 14.6 Å². The highest BCUT2D eigenvalue weighted by Gasteiger charge is 2.14.